The molecule has 0 radical (unpaired) electrons. The number of rotatable bonds is 3. The van der Waals surface area contributed by atoms with E-state index in [1.54, 1.807) is 37.6 Å². The van der Waals surface area contributed by atoms with Crippen molar-refractivity contribution in [2.45, 2.75) is 4.90 Å². The Morgan fingerprint density at radius 2 is 2.04 bits per heavy atom. The molecule has 1 N–H and O–H groups in total. The predicted octanol–water partition coefficient (Wildman–Crippen LogP) is 3.53. The van der Waals surface area contributed by atoms with E-state index in [9.17, 15) is 9.00 Å². The maximum atomic E-state index is 12.6. The molecule has 4 rings (SSSR count). The minimum Gasteiger partial charge on any atom is -0.497 e. The van der Waals surface area contributed by atoms with Gasteiger partial charge in [-0.3, -0.25) is 9.00 Å². The summed E-state index contributed by atoms with van der Waals surface area (Å²) in [6.07, 6.45) is 5.13. The van der Waals surface area contributed by atoms with Crippen LogP contribution in [0.15, 0.2) is 53.2 Å². The number of aromatic nitrogens is 1. The lowest BCUT2D eigenvalue weighted by molar-refractivity contribution is 0.101. The number of methoxy groups -OCH3 is 1. The van der Waals surface area contributed by atoms with Crippen LogP contribution in [0.4, 0.5) is 0 Å². The molecule has 0 spiro atoms. The fourth-order valence-electron chi connectivity index (χ4n) is 2.85. The van der Waals surface area contributed by atoms with E-state index in [-0.39, 0.29) is 11.5 Å². The zero-order valence-electron chi connectivity index (χ0n) is 13.7. The second-order valence-electron chi connectivity index (χ2n) is 5.71. The maximum absolute atomic E-state index is 12.6. The van der Waals surface area contributed by atoms with Crippen molar-refractivity contribution in [2.24, 2.45) is 0 Å². The van der Waals surface area contributed by atoms with Crippen molar-refractivity contribution in [2.75, 3.05) is 13.4 Å². The van der Waals surface area contributed by atoms with Crippen LogP contribution in [0.25, 0.3) is 17.0 Å². The molecule has 2 heterocycles. The van der Waals surface area contributed by atoms with Crippen molar-refractivity contribution < 1.29 is 18.5 Å². The van der Waals surface area contributed by atoms with E-state index in [0.29, 0.717) is 16.2 Å². The third-order valence-corrected chi connectivity index (χ3v) is 5.10. The molecule has 25 heavy (non-hydrogen) atoms. The first kappa shape index (κ1) is 15.7. The van der Waals surface area contributed by atoms with Gasteiger partial charge in [0, 0.05) is 44.6 Å². The molecule has 1 aliphatic rings. The van der Waals surface area contributed by atoms with Gasteiger partial charge in [0.15, 0.2) is 5.76 Å². The standard InChI is InChI=1S/C19H15NO4S/c1-23-12-3-6-16-15(8-12)11(10-20-16)7-18-19(21)14-5-4-13(25(2)22)9-17(14)24-18/h3-10,20H,1-2H3. The lowest BCUT2D eigenvalue weighted by Gasteiger charge is -2.01. The third kappa shape index (κ3) is 2.64. The Morgan fingerprint density at radius 1 is 1.20 bits per heavy atom. The Hall–Kier alpha value is -2.86. The summed E-state index contributed by atoms with van der Waals surface area (Å²) in [5, 5.41) is 0.939. The van der Waals surface area contributed by atoms with Crippen molar-refractivity contribution in [3.8, 4) is 11.5 Å². The number of benzene rings is 2. The number of hydrogen-bond donors (Lipinski definition) is 1. The number of carbonyl (C=O) groups excluding carboxylic acids is 1. The molecule has 0 aliphatic carbocycles. The molecule has 0 fully saturated rings. The van der Waals surface area contributed by atoms with Gasteiger partial charge in [-0.15, -0.1) is 0 Å². The summed E-state index contributed by atoms with van der Waals surface area (Å²) in [6, 6.07) is 10.7. The Balaban J connectivity index is 1.75. The summed E-state index contributed by atoms with van der Waals surface area (Å²) >= 11 is 0. The van der Waals surface area contributed by atoms with Crippen LogP contribution in [-0.4, -0.2) is 28.3 Å². The third-order valence-electron chi connectivity index (χ3n) is 4.18. The first-order chi connectivity index (χ1) is 12.1. The lowest BCUT2D eigenvalue weighted by Crippen LogP contribution is -1.97. The average Bonchev–Trinajstić information content (AvgIpc) is 3.16. The van der Waals surface area contributed by atoms with Gasteiger partial charge >= 0.3 is 0 Å². The molecule has 126 valence electrons. The second kappa shape index (κ2) is 5.89. The topological polar surface area (TPSA) is 68.4 Å². The van der Waals surface area contributed by atoms with Gasteiger partial charge in [-0.05, 0) is 42.5 Å². The normalized spacial score (nSPS) is 16.1. The van der Waals surface area contributed by atoms with Crippen LogP contribution in [0.1, 0.15) is 15.9 Å². The minimum atomic E-state index is -1.13. The number of allylic oxidation sites excluding steroid dienone is 1. The van der Waals surface area contributed by atoms with E-state index in [1.165, 1.54) is 0 Å². The molecule has 0 saturated carbocycles. The van der Waals surface area contributed by atoms with Crippen molar-refractivity contribution in [1.29, 1.82) is 0 Å². The number of ketones is 1. The Bertz CT molecular complexity index is 1060. The number of nitrogens with one attached hydrogen (secondary N) is 1. The maximum Gasteiger partial charge on any atom is 0.231 e. The van der Waals surface area contributed by atoms with Crippen LogP contribution >= 0.6 is 0 Å². The molecular weight excluding hydrogens is 338 g/mol. The molecule has 1 aliphatic heterocycles. The fourth-order valence-corrected chi connectivity index (χ4v) is 3.39. The minimum absolute atomic E-state index is 0.180. The number of fused-ring (bicyclic) bond motifs is 2. The smallest absolute Gasteiger partial charge is 0.231 e. The molecular formula is C19H15NO4S. The van der Waals surface area contributed by atoms with Crippen molar-refractivity contribution in [3.63, 3.8) is 0 Å². The van der Waals surface area contributed by atoms with Crippen molar-refractivity contribution in [1.82, 2.24) is 4.98 Å². The molecule has 1 atom stereocenters. The Kier molecular flexibility index (Phi) is 3.69. The number of carbonyl (C=O) groups is 1. The Labute approximate surface area is 146 Å². The van der Waals surface area contributed by atoms with E-state index >= 15 is 0 Å². The molecule has 3 aromatic rings. The summed E-state index contributed by atoms with van der Waals surface area (Å²) in [5.41, 5.74) is 2.27. The largest absolute Gasteiger partial charge is 0.497 e. The van der Waals surface area contributed by atoms with Gasteiger partial charge in [0.2, 0.25) is 5.78 Å². The number of ether oxygens (including phenoxy) is 2. The summed E-state index contributed by atoms with van der Waals surface area (Å²) in [4.78, 5) is 16.4. The quantitative estimate of drug-likeness (QED) is 0.732. The monoisotopic (exact) mass is 353 g/mol. The van der Waals surface area contributed by atoms with E-state index in [1.807, 2.05) is 24.4 Å². The van der Waals surface area contributed by atoms with E-state index in [4.69, 9.17) is 9.47 Å². The van der Waals surface area contributed by atoms with Crippen LogP contribution in [-0.2, 0) is 10.8 Å². The van der Waals surface area contributed by atoms with E-state index in [2.05, 4.69) is 4.98 Å². The van der Waals surface area contributed by atoms with Crippen LogP contribution in [0.2, 0.25) is 0 Å². The molecule has 0 saturated heterocycles. The van der Waals surface area contributed by atoms with Crippen molar-refractivity contribution in [3.05, 3.63) is 59.5 Å². The van der Waals surface area contributed by atoms with Crippen LogP contribution in [0.5, 0.6) is 11.5 Å². The SMILES string of the molecule is COc1ccc2[nH]cc(C=C3Oc4cc(S(C)=O)ccc4C3=O)c2c1. The lowest BCUT2D eigenvalue weighted by atomic mass is 10.1. The number of aromatic amines is 1. The van der Waals surface area contributed by atoms with Gasteiger partial charge in [0.25, 0.3) is 0 Å². The first-order valence-corrected chi connectivity index (χ1v) is 9.19. The zero-order valence-corrected chi connectivity index (χ0v) is 14.5. The molecule has 0 bridgehead atoms. The van der Waals surface area contributed by atoms with Crippen LogP contribution in [0, 0.1) is 0 Å². The number of H-pyrrole nitrogens is 1. The fraction of sp³-hybridized carbons (Fsp3) is 0.105. The molecule has 1 unspecified atom stereocenters. The zero-order chi connectivity index (χ0) is 17.6. The van der Waals surface area contributed by atoms with Gasteiger partial charge in [0.05, 0.1) is 12.7 Å². The van der Waals surface area contributed by atoms with Gasteiger partial charge in [0.1, 0.15) is 11.5 Å². The highest BCUT2D eigenvalue weighted by atomic mass is 32.2. The number of hydrogen-bond acceptors (Lipinski definition) is 4. The Morgan fingerprint density at radius 3 is 2.80 bits per heavy atom. The van der Waals surface area contributed by atoms with E-state index in [0.717, 1.165) is 22.2 Å². The van der Waals surface area contributed by atoms with Gasteiger partial charge in [-0.1, -0.05) is 0 Å². The highest BCUT2D eigenvalue weighted by Gasteiger charge is 2.28. The molecule has 6 heteroatoms. The molecule has 5 nitrogen and oxygen atoms in total. The van der Waals surface area contributed by atoms with Crippen LogP contribution < -0.4 is 9.47 Å². The van der Waals surface area contributed by atoms with E-state index < -0.39 is 10.8 Å². The van der Waals surface area contributed by atoms with Crippen molar-refractivity contribution >= 4 is 33.6 Å². The molecule has 1 aromatic heterocycles. The average molecular weight is 353 g/mol. The summed E-state index contributed by atoms with van der Waals surface area (Å²) in [5.74, 6) is 1.25. The summed E-state index contributed by atoms with van der Waals surface area (Å²) in [6.45, 7) is 0. The predicted molar refractivity (Wildman–Crippen MR) is 96.6 cm³/mol. The van der Waals surface area contributed by atoms with Gasteiger partial charge in [-0.25, -0.2) is 0 Å². The molecule has 2 aromatic carbocycles. The van der Waals surface area contributed by atoms with Crippen LogP contribution in [0.3, 0.4) is 0 Å². The van der Waals surface area contributed by atoms with Gasteiger partial charge < -0.3 is 14.5 Å². The highest BCUT2D eigenvalue weighted by molar-refractivity contribution is 7.84. The first-order valence-electron chi connectivity index (χ1n) is 7.63. The number of Topliss-reactive ketones (excluding diaryl/α,β-unsaturated/α-hetero) is 1. The highest BCUT2D eigenvalue weighted by Crippen LogP contribution is 2.34. The van der Waals surface area contributed by atoms with Gasteiger partial charge in [-0.2, -0.15) is 0 Å². The molecule has 0 amide bonds. The summed E-state index contributed by atoms with van der Waals surface area (Å²) < 4.78 is 22.6. The second-order valence-corrected chi connectivity index (χ2v) is 7.09. The summed E-state index contributed by atoms with van der Waals surface area (Å²) in [7, 11) is 0.485.